The second-order valence-corrected chi connectivity index (χ2v) is 8.37. The van der Waals surface area contributed by atoms with Gasteiger partial charge in [0, 0.05) is 51.1 Å². The van der Waals surface area contributed by atoms with Crippen LogP contribution >= 0.6 is 0 Å². The molecule has 0 bridgehead atoms. The van der Waals surface area contributed by atoms with E-state index in [0.717, 1.165) is 33.7 Å². The summed E-state index contributed by atoms with van der Waals surface area (Å²) in [7, 11) is 0. The van der Waals surface area contributed by atoms with Crippen LogP contribution < -0.4 is 16.0 Å². The number of carbonyl (C=O) groups excluding carboxylic acids is 2. The second-order valence-electron chi connectivity index (χ2n) is 8.37. The average Bonchev–Trinajstić information content (AvgIpc) is 2.91. The first-order chi connectivity index (χ1) is 17.5. The van der Waals surface area contributed by atoms with E-state index in [1.54, 1.807) is 31.3 Å². The molecule has 4 aromatic carbocycles. The lowest BCUT2D eigenvalue weighted by Gasteiger charge is -2.11. The number of rotatable bonds is 7. The number of para-hydroxylation sites is 1. The fraction of sp³-hybridized carbons (Fsp3) is 0.0333. The molecule has 1 amide bonds. The Morgan fingerprint density at radius 2 is 1.25 bits per heavy atom. The van der Waals surface area contributed by atoms with Crippen LogP contribution in [0.1, 0.15) is 27.6 Å². The Hall–Kier alpha value is -4.97. The van der Waals surface area contributed by atoms with Crippen molar-refractivity contribution in [1.82, 2.24) is 4.98 Å². The van der Waals surface area contributed by atoms with Gasteiger partial charge in [-0.1, -0.05) is 18.2 Å². The number of nitrogens with zero attached hydrogens (tertiary/aromatic N) is 1. The summed E-state index contributed by atoms with van der Waals surface area (Å²) in [6.07, 6.45) is 1.72. The molecule has 0 saturated carbocycles. The van der Waals surface area contributed by atoms with Gasteiger partial charge >= 0.3 is 0 Å². The van der Waals surface area contributed by atoms with Gasteiger partial charge in [0.25, 0.3) is 5.91 Å². The maximum absolute atomic E-state index is 12.7. The fourth-order valence-corrected chi connectivity index (χ4v) is 3.86. The first-order valence-corrected chi connectivity index (χ1v) is 11.6. The molecule has 5 rings (SSSR count). The maximum atomic E-state index is 12.7. The molecule has 0 saturated heterocycles. The Morgan fingerprint density at radius 1 is 0.639 bits per heavy atom. The molecule has 0 fully saturated rings. The van der Waals surface area contributed by atoms with Gasteiger partial charge in [-0.3, -0.25) is 14.6 Å². The zero-order valence-corrected chi connectivity index (χ0v) is 19.7. The highest BCUT2D eigenvalue weighted by molar-refractivity contribution is 6.05. The van der Waals surface area contributed by atoms with Crippen molar-refractivity contribution in [3.05, 3.63) is 120 Å². The number of pyridine rings is 1. The van der Waals surface area contributed by atoms with E-state index in [-0.39, 0.29) is 11.7 Å². The van der Waals surface area contributed by atoms with Crippen molar-refractivity contribution in [2.45, 2.75) is 6.92 Å². The number of carbonyl (C=O) groups is 2. The summed E-state index contributed by atoms with van der Waals surface area (Å²) in [5, 5.41) is 10.5. The van der Waals surface area contributed by atoms with Crippen molar-refractivity contribution in [2.24, 2.45) is 0 Å². The van der Waals surface area contributed by atoms with E-state index < -0.39 is 0 Å². The van der Waals surface area contributed by atoms with Crippen LogP contribution in [0, 0.1) is 0 Å². The van der Waals surface area contributed by atoms with Crippen molar-refractivity contribution in [3.63, 3.8) is 0 Å². The number of aromatic nitrogens is 1. The van der Waals surface area contributed by atoms with Gasteiger partial charge < -0.3 is 16.0 Å². The molecule has 0 spiro atoms. The highest BCUT2D eigenvalue weighted by Crippen LogP contribution is 2.27. The third-order valence-electron chi connectivity index (χ3n) is 5.78. The van der Waals surface area contributed by atoms with E-state index in [0.29, 0.717) is 16.8 Å². The van der Waals surface area contributed by atoms with Gasteiger partial charge in [-0.15, -0.1) is 0 Å². The molecule has 0 radical (unpaired) electrons. The zero-order chi connectivity index (χ0) is 24.9. The Labute approximate surface area is 209 Å². The molecular formula is C30H24N4O2. The summed E-state index contributed by atoms with van der Waals surface area (Å²) in [4.78, 5) is 28.9. The predicted molar refractivity (Wildman–Crippen MR) is 146 cm³/mol. The summed E-state index contributed by atoms with van der Waals surface area (Å²) in [6, 6.07) is 32.1. The van der Waals surface area contributed by atoms with Gasteiger partial charge in [0.05, 0.1) is 5.52 Å². The Bertz CT molecular complexity index is 1530. The predicted octanol–water partition coefficient (Wildman–Crippen LogP) is 7.18. The Morgan fingerprint density at radius 3 is 1.97 bits per heavy atom. The van der Waals surface area contributed by atoms with E-state index >= 15 is 0 Å². The third-order valence-corrected chi connectivity index (χ3v) is 5.78. The van der Waals surface area contributed by atoms with E-state index in [2.05, 4.69) is 20.9 Å². The fourth-order valence-electron chi connectivity index (χ4n) is 3.86. The number of amides is 1. The molecule has 3 N–H and O–H groups in total. The molecule has 0 aliphatic carbocycles. The topological polar surface area (TPSA) is 83.1 Å². The number of Topliss-reactive ketones (excluding diaryl/α,β-unsaturated/α-hetero) is 1. The summed E-state index contributed by atoms with van der Waals surface area (Å²) in [6.45, 7) is 1.55. The van der Waals surface area contributed by atoms with Gasteiger partial charge in [-0.05, 0) is 91.9 Å². The van der Waals surface area contributed by atoms with Crippen LogP contribution in [-0.4, -0.2) is 16.7 Å². The van der Waals surface area contributed by atoms with Gasteiger partial charge in [-0.2, -0.15) is 0 Å². The Balaban J connectivity index is 1.25. The first-order valence-electron chi connectivity index (χ1n) is 11.6. The molecule has 1 heterocycles. The van der Waals surface area contributed by atoms with Crippen molar-refractivity contribution in [3.8, 4) is 0 Å². The summed E-state index contributed by atoms with van der Waals surface area (Å²) < 4.78 is 0. The minimum atomic E-state index is -0.189. The second kappa shape index (κ2) is 10.1. The average molecular weight is 473 g/mol. The van der Waals surface area contributed by atoms with Crippen LogP contribution in [0.25, 0.3) is 10.9 Å². The van der Waals surface area contributed by atoms with Crippen LogP contribution in [0.3, 0.4) is 0 Å². The minimum Gasteiger partial charge on any atom is -0.356 e. The summed E-state index contributed by atoms with van der Waals surface area (Å²) >= 11 is 0. The molecule has 0 aliphatic heterocycles. The van der Waals surface area contributed by atoms with E-state index in [9.17, 15) is 9.59 Å². The van der Waals surface area contributed by atoms with Crippen LogP contribution in [0.15, 0.2) is 109 Å². The molecule has 1 aromatic heterocycles. The molecule has 0 unspecified atom stereocenters. The molecule has 0 atom stereocenters. The molecule has 36 heavy (non-hydrogen) atoms. The van der Waals surface area contributed by atoms with Gasteiger partial charge in [0.15, 0.2) is 5.78 Å². The Kier molecular flexibility index (Phi) is 6.40. The molecule has 6 nitrogen and oxygen atoms in total. The van der Waals surface area contributed by atoms with Crippen molar-refractivity contribution < 1.29 is 9.59 Å². The largest absolute Gasteiger partial charge is 0.356 e. The number of benzene rings is 4. The minimum absolute atomic E-state index is 0.00386. The van der Waals surface area contributed by atoms with Crippen LogP contribution in [0.2, 0.25) is 0 Å². The van der Waals surface area contributed by atoms with E-state index in [1.807, 2.05) is 84.9 Å². The number of ketones is 1. The highest BCUT2D eigenvalue weighted by atomic mass is 16.1. The standard InChI is InChI=1S/C30H24N4O2/c1-20(35)22-9-16-28-27(19-22)29(17-18-31-28)33-25-10-7-21(8-11-25)30(36)34-26-14-12-24(13-15-26)32-23-5-3-2-4-6-23/h2-19,32H,1H3,(H,31,33)(H,34,36). The number of fused-ring (bicyclic) bond motifs is 1. The third kappa shape index (κ3) is 5.23. The normalized spacial score (nSPS) is 10.6. The number of anilines is 5. The quantitative estimate of drug-likeness (QED) is 0.219. The SMILES string of the molecule is CC(=O)c1ccc2nccc(Nc3ccc(C(=O)Nc4ccc(Nc5ccccc5)cc4)cc3)c2c1. The maximum Gasteiger partial charge on any atom is 0.255 e. The summed E-state index contributed by atoms with van der Waals surface area (Å²) in [5.74, 6) is -0.185. The molecule has 6 heteroatoms. The van der Waals surface area contributed by atoms with Crippen molar-refractivity contribution >= 4 is 51.0 Å². The zero-order valence-electron chi connectivity index (χ0n) is 19.7. The number of hydrogen-bond acceptors (Lipinski definition) is 5. The monoisotopic (exact) mass is 472 g/mol. The van der Waals surface area contributed by atoms with Crippen molar-refractivity contribution in [2.75, 3.05) is 16.0 Å². The van der Waals surface area contributed by atoms with Gasteiger partial charge in [0.2, 0.25) is 0 Å². The van der Waals surface area contributed by atoms with Crippen LogP contribution in [-0.2, 0) is 0 Å². The molecule has 176 valence electrons. The molecule has 5 aromatic rings. The highest BCUT2D eigenvalue weighted by Gasteiger charge is 2.09. The lowest BCUT2D eigenvalue weighted by atomic mass is 10.1. The van der Waals surface area contributed by atoms with Gasteiger partial charge in [0.1, 0.15) is 0 Å². The van der Waals surface area contributed by atoms with Gasteiger partial charge in [-0.25, -0.2) is 0 Å². The smallest absolute Gasteiger partial charge is 0.255 e. The molecular weight excluding hydrogens is 448 g/mol. The summed E-state index contributed by atoms with van der Waals surface area (Å²) in [5.41, 5.74) is 6.29. The lowest BCUT2D eigenvalue weighted by Crippen LogP contribution is -2.11. The van der Waals surface area contributed by atoms with Crippen LogP contribution in [0.5, 0.6) is 0 Å². The van der Waals surface area contributed by atoms with Crippen LogP contribution in [0.4, 0.5) is 28.4 Å². The number of nitrogens with one attached hydrogen (secondary N) is 3. The van der Waals surface area contributed by atoms with Crippen molar-refractivity contribution in [1.29, 1.82) is 0 Å². The first kappa shape index (κ1) is 22.8. The van der Waals surface area contributed by atoms with E-state index in [4.69, 9.17) is 0 Å². The lowest BCUT2D eigenvalue weighted by molar-refractivity contribution is 0.101. The van der Waals surface area contributed by atoms with E-state index in [1.165, 1.54) is 0 Å². The number of hydrogen-bond donors (Lipinski definition) is 3. The molecule has 0 aliphatic rings.